The molecule has 4 heteroatoms. The van der Waals surface area contributed by atoms with Gasteiger partial charge in [-0.2, -0.15) is 0 Å². The lowest BCUT2D eigenvalue weighted by Crippen LogP contribution is -1.89. The molecule has 3 nitrogen and oxygen atoms in total. The van der Waals surface area contributed by atoms with Crippen LogP contribution in [0.5, 0.6) is 5.75 Å². The van der Waals surface area contributed by atoms with Crippen molar-refractivity contribution in [1.29, 1.82) is 0 Å². The van der Waals surface area contributed by atoms with E-state index in [-0.39, 0.29) is 28.3 Å². The molecule has 0 amide bonds. The van der Waals surface area contributed by atoms with Crippen LogP contribution in [0.3, 0.4) is 0 Å². The van der Waals surface area contributed by atoms with Gasteiger partial charge in [0.25, 0.3) is 0 Å². The van der Waals surface area contributed by atoms with Crippen LogP contribution in [0, 0.1) is 0 Å². The Balaban J connectivity index is 3.46. The van der Waals surface area contributed by atoms with Gasteiger partial charge in [0.1, 0.15) is 16.0 Å². The molecule has 0 radical (unpaired) electrons. The maximum atomic E-state index is 9.09. The van der Waals surface area contributed by atoms with Gasteiger partial charge < -0.3 is 10.8 Å². The van der Waals surface area contributed by atoms with Crippen molar-refractivity contribution in [2.75, 3.05) is 5.73 Å². The fraction of sp³-hybridized carbons (Fsp3) is 0. The SMILES string of the molecule is [2H]c1nc(N)c(Br)c(O)c1[2H]. The van der Waals surface area contributed by atoms with Crippen molar-refractivity contribution in [2.24, 2.45) is 0 Å². The second-order valence-corrected chi connectivity index (χ2v) is 2.19. The number of halogens is 1. The summed E-state index contributed by atoms with van der Waals surface area (Å²) in [6.45, 7) is 0. The number of nitrogens with zero attached hydrogens (tertiary/aromatic N) is 1. The Morgan fingerprint density at radius 1 is 1.89 bits per heavy atom. The molecule has 0 saturated heterocycles. The Morgan fingerprint density at radius 3 is 3.22 bits per heavy atom. The number of pyridine rings is 1. The Morgan fingerprint density at radius 2 is 2.56 bits per heavy atom. The fourth-order valence-corrected chi connectivity index (χ4v) is 0.554. The minimum atomic E-state index is -0.345. The van der Waals surface area contributed by atoms with Gasteiger partial charge in [0.05, 0.1) is 2.74 Å². The number of aromatic hydroxyl groups is 1. The van der Waals surface area contributed by atoms with Gasteiger partial charge in [0.15, 0.2) is 0 Å². The van der Waals surface area contributed by atoms with E-state index in [1.165, 1.54) is 0 Å². The molecule has 0 spiro atoms. The van der Waals surface area contributed by atoms with Crippen molar-refractivity contribution in [1.82, 2.24) is 4.98 Å². The van der Waals surface area contributed by atoms with Crippen LogP contribution in [0.25, 0.3) is 0 Å². The van der Waals surface area contributed by atoms with E-state index in [9.17, 15) is 0 Å². The topological polar surface area (TPSA) is 59.1 Å². The van der Waals surface area contributed by atoms with Crippen LogP contribution in [-0.2, 0) is 0 Å². The molecule has 1 aromatic heterocycles. The van der Waals surface area contributed by atoms with Crippen LogP contribution in [-0.4, -0.2) is 10.1 Å². The predicted octanol–water partition coefficient (Wildman–Crippen LogP) is 1.13. The van der Waals surface area contributed by atoms with Gasteiger partial charge in [-0.05, 0) is 22.0 Å². The summed E-state index contributed by atoms with van der Waals surface area (Å²) in [5, 5.41) is 9.09. The van der Waals surface area contributed by atoms with Crippen LogP contribution < -0.4 is 5.73 Å². The molecule has 0 saturated carbocycles. The second kappa shape index (κ2) is 2.23. The lowest BCUT2D eigenvalue weighted by atomic mass is 10.4. The number of anilines is 1. The predicted molar refractivity (Wildman–Crippen MR) is 38.0 cm³/mol. The first-order valence-corrected chi connectivity index (χ1v) is 2.94. The third-order valence-electron chi connectivity index (χ3n) is 0.783. The van der Waals surface area contributed by atoms with E-state index in [0.717, 1.165) is 0 Å². The minimum Gasteiger partial charge on any atom is -0.507 e. The molecule has 0 aromatic carbocycles. The highest BCUT2D eigenvalue weighted by Crippen LogP contribution is 2.26. The largest absolute Gasteiger partial charge is 0.507 e. The maximum absolute atomic E-state index is 9.09. The fourth-order valence-electron chi connectivity index (χ4n) is 0.366. The summed E-state index contributed by atoms with van der Waals surface area (Å²) in [7, 11) is 0. The molecule has 1 heterocycles. The van der Waals surface area contributed by atoms with Gasteiger partial charge in [-0.15, -0.1) is 0 Å². The molecule has 9 heavy (non-hydrogen) atoms. The lowest BCUT2D eigenvalue weighted by molar-refractivity contribution is 0.471. The van der Waals surface area contributed by atoms with Gasteiger partial charge >= 0.3 is 0 Å². The van der Waals surface area contributed by atoms with E-state index in [2.05, 4.69) is 20.9 Å². The summed E-state index contributed by atoms with van der Waals surface area (Å²) >= 11 is 2.92. The number of hydrogen-bond donors (Lipinski definition) is 2. The monoisotopic (exact) mass is 190 g/mol. The van der Waals surface area contributed by atoms with E-state index < -0.39 is 0 Å². The Hall–Kier alpha value is -0.770. The molecule has 48 valence electrons. The van der Waals surface area contributed by atoms with Gasteiger partial charge in [-0.25, -0.2) is 4.98 Å². The average molecular weight is 191 g/mol. The molecule has 0 fully saturated rings. The van der Waals surface area contributed by atoms with E-state index >= 15 is 0 Å². The molecule has 0 atom stereocenters. The molecule has 1 rings (SSSR count). The summed E-state index contributed by atoms with van der Waals surface area (Å²) in [6, 6.07) is -0.328. The third kappa shape index (κ3) is 1.13. The molecule has 3 N–H and O–H groups in total. The standard InChI is InChI=1S/C5H5BrN2O/c6-4-3(9)1-2-8-5(4)7/h1-2H,(H3,7,8,9)/i1D,2D. The van der Waals surface area contributed by atoms with Crippen molar-refractivity contribution in [3.63, 3.8) is 0 Å². The van der Waals surface area contributed by atoms with Crippen LogP contribution >= 0.6 is 15.9 Å². The molecule has 1 aromatic rings. The normalized spacial score (nSPS) is 12.6. The van der Waals surface area contributed by atoms with E-state index in [4.69, 9.17) is 13.6 Å². The van der Waals surface area contributed by atoms with Crippen LogP contribution in [0.4, 0.5) is 5.82 Å². The number of nitrogen functional groups attached to an aromatic ring is 1. The smallest absolute Gasteiger partial charge is 0.141 e. The van der Waals surface area contributed by atoms with E-state index in [1.807, 2.05) is 0 Å². The molecular formula is C5H5BrN2O. The highest BCUT2D eigenvalue weighted by atomic mass is 79.9. The summed E-state index contributed by atoms with van der Waals surface area (Å²) in [6.07, 6.45) is -0.330. The molecule has 0 aliphatic rings. The zero-order chi connectivity index (χ0) is 8.59. The number of hydrogen-bond acceptors (Lipinski definition) is 3. The van der Waals surface area contributed by atoms with Crippen LogP contribution in [0.2, 0.25) is 0 Å². The van der Waals surface area contributed by atoms with Crippen molar-refractivity contribution in [3.8, 4) is 5.75 Å². The number of nitrogens with two attached hydrogens (primary N) is 1. The Labute approximate surface area is 63.5 Å². The Bertz CT molecular complexity index is 279. The molecule has 0 unspecified atom stereocenters. The van der Waals surface area contributed by atoms with Gasteiger partial charge in [-0.1, -0.05) is 0 Å². The van der Waals surface area contributed by atoms with Crippen LogP contribution in [0.15, 0.2) is 16.7 Å². The second-order valence-electron chi connectivity index (χ2n) is 1.40. The molecule has 0 bridgehead atoms. The molecule has 0 aliphatic carbocycles. The van der Waals surface area contributed by atoms with E-state index in [0.29, 0.717) is 0 Å². The van der Waals surface area contributed by atoms with E-state index in [1.54, 1.807) is 0 Å². The summed E-state index contributed by atoms with van der Waals surface area (Å²) in [4.78, 5) is 3.48. The zero-order valence-electron chi connectivity index (χ0n) is 6.35. The number of aromatic nitrogens is 1. The quantitative estimate of drug-likeness (QED) is 0.646. The first kappa shape index (κ1) is 4.11. The third-order valence-corrected chi connectivity index (χ3v) is 1.57. The first-order chi connectivity index (χ1) is 5.04. The highest BCUT2D eigenvalue weighted by Gasteiger charge is 1.99. The Kier molecular flexibility index (Phi) is 1.02. The first-order valence-electron chi connectivity index (χ1n) is 3.15. The molecular weight excluding hydrogens is 184 g/mol. The summed E-state index contributed by atoms with van der Waals surface area (Å²) in [5.41, 5.74) is 5.27. The minimum absolute atomic E-state index is 0.0171. The zero-order valence-corrected chi connectivity index (χ0v) is 5.94. The van der Waals surface area contributed by atoms with Gasteiger partial charge in [-0.3, -0.25) is 0 Å². The summed E-state index contributed by atoms with van der Waals surface area (Å²) < 4.78 is 14.3. The highest BCUT2D eigenvalue weighted by molar-refractivity contribution is 9.10. The van der Waals surface area contributed by atoms with Crippen molar-refractivity contribution >= 4 is 21.7 Å². The van der Waals surface area contributed by atoms with Crippen molar-refractivity contribution < 1.29 is 7.85 Å². The average Bonchev–Trinajstić information content (AvgIpc) is 1.97. The van der Waals surface area contributed by atoms with Crippen LogP contribution in [0.1, 0.15) is 2.74 Å². The summed E-state index contributed by atoms with van der Waals surface area (Å²) in [5.74, 6) is -0.328. The molecule has 0 aliphatic heterocycles. The van der Waals surface area contributed by atoms with Gasteiger partial charge in [0.2, 0.25) is 0 Å². The van der Waals surface area contributed by atoms with Gasteiger partial charge in [0, 0.05) is 6.17 Å². The van der Waals surface area contributed by atoms with Crippen molar-refractivity contribution in [2.45, 2.75) is 0 Å². The van der Waals surface area contributed by atoms with Crippen molar-refractivity contribution in [3.05, 3.63) is 16.7 Å². The number of rotatable bonds is 0. The maximum Gasteiger partial charge on any atom is 0.141 e. The lowest BCUT2D eigenvalue weighted by Gasteiger charge is -1.96.